The largest absolute Gasteiger partial charge is 0.493 e. The van der Waals surface area contributed by atoms with E-state index in [4.69, 9.17) is 25.8 Å². The van der Waals surface area contributed by atoms with E-state index in [0.717, 1.165) is 10.6 Å². The van der Waals surface area contributed by atoms with E-state index in [1.54, 1.807) is 48.5 Å². The lowest BCUT2D eigenvalue weighted by Gasteiger charge is -2.26. The second-order valence-corrected chi connectivity index (χ2v) is 9.85. The van der Waals surface area contributed by atoms with Crippen molar-refractivity contribution in [1.29, 1.82) is 0 Å². The minimum atomic E-state index is -3.82. The number of carbonyl (C=O) groups excluding carboxylic acids is 1. The number of carbonyl (C=O) groups is 1. The molecule has 1 N–H and O–H groups in total. The molecule has 0 atom stereocenters. The molecule has 0 aliphatic rings. The summed E-state index contributed by atoms with van der Waals surface area (Å²) in [6.45, 7) is 2.23. The maximum Gasteiger partial charge on any atom is 0.258 e. The number of methoxy groups -OCH3 is 2. The number of anilines is 2. The molecule has 3 aromatic rings. The number of sulfonamides is 1. The number of hydrogen-bond acceptors (Lipinski definition) is 6. The molecule has 0 unspecified atom stereocenters. The molecular formula is C25H27ClN2O6S. The van der Waals surface area contributed by atoms with Crippen LogP contribution in [0.5, 0.6) is 17.2 Å². The van der Waals surface area contributed by atoms with Crippen LogP contribution < -0.4 is 23.8 Å². The third-order valence-corrected chi connectivity index (χ3v) is 6.47. The smallest absolute Gasteiger partial charge is 0.258 e. The van der Waals surface area contributed by atoms with Gasteiger partial charge in [0, 0.05) is 11.1 Å². The highest BCUT2D eigenvalue weighted by Crippen LogP contribution is 2.37. The second-order valence-electron chi connectivity index (χ2n) is 7.50. The van der Waals surface area contributed by atoms with E-state index in [2.05, 4.69) is 5.32 Å². The first-order valence-corrected chi connectivity index (χ1v) is 12.9. The number of para-hydroxylation sites is 2. The topological polar surface area (TPSA) is 94.2 Å². The number of rotatable bonds is 10. The normalized spacial score (nSPS) is 11.0. The van der Waals surface area contributed by atoms with Crippen LogP contribution in [0, 0.1) is 0 Å². The first kappa shape index (κ1) is 26.2. The molecular weight excluding hydrogens is 492 g/mol. The Morgan fingerprint density at radius 1 is 0.971 bits per heavy atom. The summed E-state index contributed by atoms with van der Waals surface area (Å²) in [6, 6.07) is 16.7. The van der Waals surface area contributed by atoms with Crippen LogP contribution in [0.1, 0.15) is 22.8 Å². The zero-order valence-corrected chi connectivity index (χ0v) is 21.4. The minimum Gasteiger partial charge on any atom is -0.493 e. The summed E-state index contributed by atoms with van der Waals surface area (Å²) in [6.07, 6.45) is 1.08. The predicted molar refractivity (Wildman–Crippen MR) is 138 cm³/mol. The van der Waals surface area contributed by atoms with Gasteiger partial charge in [-0.2, -0.15) is 0 Å². The molecule has 0 saturated heterocycles. The van der Waals surface area contributed by atoms with Gasteiger partial charge in [-0.25, -0.2) is 8.42 Å². The van der Waals surface area contributed by atoms with Gasteiger partial charge >= 0.3 is 0 Å². The fraction of sp³-hybridized carbons (Fsp3) is 0.240. The van der Waals surface area contributed by atoms with Crippen LogP contribution in [0.25, 0.3) is 0 Å². The number of ether oxygens (including phenoxy) is 3. The number of halogens is 1. The van der Waals surface area contributed by atoms with Crippen molar-refractivity contribution in [2.75, 3.05) is 36.7 Å². The van der Waals surface area contributed by atoms with Crippen molar-refractivity contribution in [2.45, 2.75) is 13.5 Å². The molecule has 0 radical (unpaired) electrons. The molecule has 3 aromatic carbocycles. The second kappa shape index (κ2) is 11.3. The van der Waals surface area contributed by atoms with Gasteiger partial charge in [-0.1, -0.05) is 35.9 Å². The van der Waals surface area contributed by atoms with E-state index in [0.29, 0.717) is 28.6 Å². The number of nitrogens with one attached hydrogen (secondary N) is 1. The SMILES string of the molecule is CCOc1ccccc1NC(=O)c1cc(OC)c(OC)cc1N(Cc1ccc(Cl)cc1)S(C)(=O)=O. The molecule has 1 amide bonds. The Labute approximate surface area is 210 Å². The van der Waals surface area contributed by atoms with Crippen molar-refractivity contribution in [3.8, 4) is 17.2 Å². The zero-order chi connectivity index (χ0) is 25.6. The molecule has 0 aliphatic carbocycles. The molecule has 3 rings (SSSR count). The van der Waals surface area contributed by atoms with Gasteiger partial charge in [0.05, 0.1) is 50.6 Å². The van der Waals surface area contributed by atoms with Crippen LogP contribution in [0.15, 0.2) is 60.7 Å². The molecule has 0 saturated carbocycles. The van der Waals surface area contributed by atoms with Gasteiger partial charge < -0.3 is 19.5 Å². The Bertz CT molecular complexity index is 1300. The first-order valence-electron chi connectivity index (χ1n) is 10.7. The fourth-order valence-corrected chi connectivity index (χ4v) is 4.45. The molecule has 0 heterocycles. The van der Waals surface area contributed by atoms with Crippen LogP contribution in [-0.2, 0) is 16.6 Å². The third kappa shape index (κ3) is 6.37. The summed E-state index contributed by atoms with van der Waals surface area (Å²) in [5.41, 5.74) is 1.34. The van der Waals surface area contributed by atoms with Crippen molar-refractivity contribution in [1.82, 2.24) is 0 Å². The molecule has 0 bridgehead atoms. The standard InChI is InChI=1S/C25H27ClN2O6S/c1-5-34-22-9-7-6-8-20(22)27-25(29)19-14-23(32-2)24(33-3)15-21(19)28(35(4,30)31)16-17-10-12-18(26)13-11-17/h6-15H,5,16H2,1-4H3,(H,27,29). The lowest BCUT2D eigenvalue weighted by molar-refractivity contribution is 0.102. The van der Waals surface area contributed by atoms with Crippen LogP contribution in [0.2, 0.25) is 5.02 Å². The molecule has 35 heavy (non-hydrogen) atoms. The van der Waals surface area contributed by atoms with Gasteiger partial charge in [-0.05, 0) is 42.8 Å². The summed E-state index contributed by atoms with van der Waals surface area (Å²) in [5, 5.41) is 3.35. The minimum absolute atomic E-state index is 0.0265. The van der Waals surface area contributed by atoms with Crippen LogP contribution in [0.3, 0.4) is 0 Å². The van der Waals surface area contributed by atoms with E-state index in [1.165, 1.54) is 26.4 Å². The van der Waals surface area contributed by atoms with E-state index in [-0.39, 0.29) is 29.3 Å². The highest BCUT2D eigenvalue weighted by Gasteiger charge is 2.27. The predicted octanol–water partition coefficient (Wildman–Crippen LogP) is 4.97. The van der Waals surface area contributed by atoms with E-state index >= 15 is 0 Å². The zero-order valence-electron chi connectivity index (χ0n) is 19.9. The lowest BCUT2D eigenvalue weighted by Crippen LogP contribution is -2.31. The van der Waals surface area contributed by atoms with Crippen LogP contribution in [0.4, 0.5) is 11.4 Å². The van der Waals surface area contributed by atoms with Gasteiger partial charge in [-0.15, -0.1) is 0 Å². The quantitative estimate of drug-likeness (QED) is 0.407. The summed E-state index contributed by atoms with van der Waals surface area (Å²) in [7, 11) is -0.947. The van der Waals surface area contributed by atoms with Crippen molar-refractivity contribution < 1.29 is 27.4 Å². The lowest BCUT2D eigenvalue weighted by atomic mass is 10.1. The molecule has 0 aromatic heterocycles. The average molecular weight is 519 g/mol. The Morgan fingerprint density at radius 2 is 1.60 bits per heavy atom. The molecule has 8 nitrogen and oxygen atoms in total. The van der Waals surface area contributed by atoms with Crippen molar-refractivity contribution in [3.05, 3.63) is 76.8 Å². The summed E-state index contributed by atoms with van der Waals surface area (Å²) >= 11 is 5.98. The van der Waals surface area contributed by atoms with Gasteiger partial charge in [0.25, 0.3) is 5.91 Å². The number of hydrogen-bond donors (Lipinski definition) is 1. The first-order chi connectivity index (χ1) is 16.7. The molecule has 0 spiro atoms. The van der Waals surface area contributed by atoms with Gasteiger partial charge in [0.2, 0.25) is 10.0 Å². The van der Waals surface area contributed by atoms with Crippen molar-refractivity contribution in [3.63, 3.8) is 0 Å². The Balaban J connectivity index is 2.13. The van der Waals surface area contributed by atoms with E-state index in [9.17, 15) is 13.2 Å². The summed E-state index contributed by atoms with van der Waals surface area (Å²) in [4.78, 5) is 13.5. The highest BCUT2D eigenvalue weighted by atomic mass is 35.5. The molecule has 0 fully saturated rings. The Kier molecular flexibility index (Phi) is 8.48. The number of nitrogens with zero attached hydrogens (tertiary/aromatic N) is 1. The molecule has 0 aliphatic heterocycles. The summed E-state index contributed by atoms with van der Waals surface area (Å²) < 4.78 is 43.3. The van der Waals surface area contributed by atoms with Crippen molar-refractivity contribution >= 4 is 38.9 Å². The van der Waals surface area contributed by atoms with Crippen LogP contribution in [-0.4, -0.2) is 41.4 Å². The van der Waals surface area contributed by atoms with E-state index in [1.807, 2.05) is 6.92 Å². The van der Waals surface area contributed by atoms with Gasteiger partial charge in [0.1, 0.15) is 5.75 Å². The number of amides is 1. The van der Waals surface area contributed by atoms with Crippen LogP contribution >= 0.6 is 11.6 Å². The van der Waals surface area contributed by atoms with Gasteiger partial charge in [-0.3, -0.25) is 9.10 Å². The summed E-state index contributed by atoms with van der Waals surface area (Å²) in [5.74, 6) is 0.502. The number of benzene rings is 3. The monoisotopic (exact) mass is 518 g/mol. The third-order valence-electron chi connectivity index (χ3n) is 5.09. The molecule has 186 valence electrons. The Hall–Kier alpha value is -3.43. The van der Waals surface area contributed by atoms with E-state index < -0.39 is 15.9 Å². The maximum absolute atomic E-state index is 13.5. The fourth-order valence-electron chi connectivity index (χ4n) is 3.43. The van der Waals surface area contributed by atoms with Crippen molar-refractivity contribution in [2.24, 2.45) is 0 Å². The highest BCUT2D eigenvalue weighted by molar-refractivity contribution is 7.92. The van der Waals surface area contributed by atoms with Gasteiger partial charge in [0.15, 0.2) is 11.5 Å². The Morgan fingerprint density at radius 3 is 2.20 bits per heavy atom. The molecule has 10 heteroatoms. The average Bonchev–Trinajstić information content (AvgIpc) is 2.83. The maximum atomic E-state index is 13.5.